The van der Waals surface area contributed by atoms with Crippen LogP contribution in [-0.2, 0) is 16.6 Å². The second-order valence-corrected chi connectivity index (χ2v) is 6.04. The highest BCUT2D eigenvalue weighted by molar-refractivity contribution is 9.10. The first kappa shape index (κ1) is 11.7. The van der Waals surface area contributed by atoms with E-state index in [1.807, 2.05) is 0 Å². The Labute approximate surface area is 111 Å². The van der Waals surface area contributed by atoms with Crippen molar-refractivity contribution in [2.75, 3.05) is 13.2 Å². The molecular formula is C14H18BrNO. The van der Waals surface area contributed by atoms with E-state index in [9.17, 15) is 0 Å². The number of benzene rings is 1. The highest BCUT2D eigenvalue weighted by Crippen LogP contribution is 2.46. The van der Waals surface area contributed by atoms with Gasteiger partial charge in [0.1, 0.15) is 0 Å². The van der Waals surface area contributed by atoms with E-state index in [4.69, 9.17) is 10.5 Å². The van der Waals surface area contributed by atoms with Crippen LogP contribution in [0.25, 0.3) is 0 Å². The lowest BCUT2D eigenvalue weighted by molar-refractivity contribution is 0.0357. The maximum atomic E-state index is 6.45. The zero-order valence-electron chi connectivity index (χ0n) is 9.92. The molecule has 17 heavy (non-hydrogen) atoms. The lowest BCUT2D eigenvalue weighted by Crippen LogP contribution is -2.52. The average molecular weight is 296 g/mol. The molecule has 1 unspecified atom stereocenters. The van der Waals surface area contributed by atoms with Crippen molar-refractivity contribution in [2.24, 2.45) is 5.73 Å². The summed E-state index contributed by atoms with van der Waals surface area (Å²) in [5.74, 6) is 0. The molecule has 92 valence electrons. The van der Waals surface area contributed by atoms with Gasteiger partial charge in [-0.15, -0.1) is 0 Å². The van der Waals surface area contributed by atoms with E-state index < -0.39 is 0 Å². The summed E-state index contributed by atoms with van der Waals surface area (Å²) in [5.41, 5.74) is 9.53. The lowest BCUT2D eigenvalue weighted by atomic mass is 9.63. The molecule has 2 aliphatic rings. The lowest BCUT2D eigenvalue weighted by Gasteiger charge is -2.47. The molecule has 3 heteroatoms. The van der Waals surface area contributed by atoms with Crippen LogP contribution < -0.4 is 5.73 Å². The summed E-state index contributed by atoms with van der Waals surface area (Å²) in [6, 6.07) is 6.81. The molecule has 2 nitrogen and oxygen atoms in total. The number of aryl methyl sites for hydroxylation is 1. The molecule has 1 aliphatic carbocycles. The SMILES string of the molecule is NC1CCc2cccc(Br)c2C12CCOCC2. The molecule has 1 spiro atoms. The smallest absolute Gasteiger partial charge is 0.0475 e. The largest absolute Gasteiger partial charge is 0.381 e. The molecule has 0 aromatic heterocycles. The van der Waals surface area contributed by atoms with Gasteiger partial charge in [0.25, 0.3) is 0 Å². The Hall–Kier alpha value is -0.380. The fraction of sp³-hybridized carbons (Fsp3) is 0.571. The second kappa shape index (κ2) is 4.38. The molecule has 1 atom stereocenters. The Balaban J connectivity index is 2.15. The van der Waals surface area contributed by atoms with E-state index >= 15 is 0 Å². The zero-order chi connectivity index (χ0) is 11.9. The quantitative estimate of drug-likeness (QED) is 0.799. The summed E-state index contributed by atoms with van der Waals surface area (Å²) in [6.45, 7) is 1.68. The topological polar surface area (TPSA) is 35.2 Å². The van der Waals surface area contributed by atoms with Crippen LogP contribution in [0.3, 0.4) is 0 Å². The van der Waals surface area contributed by atoms with E-state index in [1.165, 1.54) is 15.6 Å². The summed E-state index contributed by atoms with van der Waals surface area (Å²) in [4.78, 5) is 0. The standard InChI is InChI=1S/C14H18BrNO/c15-11-3-1-2-10-4-5-12(16)14(13(10)11)6-8-17-9-7-14/h1-3,12H,4-9,16H2. The Morgan fingerprint density at radius 2 is 2.06 bits per heavy atom. The third-order valence-electron chi connectivity index (χ3n) is 4.42. The van der Waals surface area contributed by atoms with Gasteiger partial charge in [-0.05, 0) is 42.9 Å². The van der Waals surface area contributed by atoms with Gasteiger partial charge in [-0.2, -0.15) is 0 Å². The molecule has 2 N–H and O–H groups in total. The maximum Gasteiger partial charge on any atom is 0.0475 e. The van der Waals surface area contributed by atoms with Crippen LogP contribution in [0, 0.1) is 0 Å². The van der Waals surface area contributed by atoms with Crippen molar-refractivity contribution >= 4 is 15.9 Å². The first-order chi connectivity index (χ1) is 8.24. The molecule has 3 rings (SSSR count). The molecule has 0 bridgehead atoms. The van der Waals surface area contributed by atoms with Crippen LogP contribution in [0.15, 0.2) is 22.7 Å². The van der Waals surface area contributed by atoms with Gasteiger partial charge < -0.3 is 10.5 Å². The summed E-state index contributed by atoms with van der Waals surface area (Å²) in [7, 11) is 0. The highest BCUT2D eigenvalue weighted by Gasteiger charge is 2.44. The van der Waals surface area contributed by atoms with Gasteiger partial charge in [0, 0.05) is 29.1 Å². The van der Waals surface area contributed by atoms with Crippen LogP contribution in [0.5, 0.6) is 0 Å². The average Bonchev–Trinajstić information content (AvgIpc) is 2.35. The third kappa shape index (κ3) is 1.76. The minimum Gasteiger partial charge on any atom is -0.381 e. The van der Waals surface area contributed by atoms with E-state index in [2.05, 4.69) is 34.1 Å². The molecule has 0 amide bonds. The number of halogens is 1. The Morgan fingerprint density at radius 3 is 2.82 bits per heavy atom. The first-order valence-electron chi connectivity index (χ1n) is 6.35. The van der Waals surface area contributed by atoms with Crippen molar-refractivity contribution in [3.8, 4) is 0 Å². The Morgan fingerprint density at radius 1 is 1.29 bits per heavy atom. The van der Waals surface area contributed by atoms with Crippen molar-refractivity contribution in [1.29, 1.82) is 0 Å². The van der Waals surface area contributed by atoms with Crippen LogP contribution in [0.2, 0.25) is 0 Å². The monoisotopic (exact) mass is 295 g/mol. The minimum absolute atomic E-state index is 0.145. The van der Waals surface area contributed by atoms with Gasteiger partial charge in [-0.1, -0.05) is 28.1 Å². The number of fused-ring (bicyclic) bond motifs is 2. The summed E-state index contributed by atoms with van der Waals surface area (Å²) < 4.78 is 6.76. The van der Waals surface area contributed by atoms with E-state index in [1.54, 1.807) is 0 Å². The Kier molecular flexibility index (Phi) is 3.01. The molecule has 1 fully saturated rings. The molecular weight excluding hydrogens is 278 g/mol. The van der Waals surface area contributed by atoms with Gasteiger partial charge >= 0.3 is 0 Å². The normalized spacial score (nSPS) is 26.8. The minimum atomic E-state index is 0.145. The highest BCUT2D eigenvalue weighted by atomic mass is 79.9. The molecule has 1 aromatic carbocycles. The van der Waals surface area contributed by atoms with Gasteiger partial charge in [0.2, 0.25) is 0 Å². The van der Waals surface area contributed by atoms with Crippen LogP contribution in [-0.4, -0.2) is 19.3 Å². The van der Waals surface area contributed by atoms with E-state index in [-0.39, 0.29) is 11.5 Å². The fourth-order valence-electron chi connectivity index (χ4n) is 3.46. The molecule has 0 saturated carbocycles. The number of hydrogen-bond acceptors (Lipinski definition) is 2. The van der Waals surface area contributed by atoms with E-state index in [0.717, 1.165) is 38.9 Å². The van der Waals surface area contributed by atoms with Gasteiger partial charge in [0.05, 0.1) is 0 Å². The van der Waals surface area contributed by atoms with Crippen LogP contribution in [0.1, 0.15) is 30.4 Å². The van der Waals surface area contributed by atoms with Gasteiger partial charge in [0.15, 0.2) is 0 Å². The molecule has 0 radical (unpaired) electrons. The van der Waals surface area contributed by atoms with Crippen molar-refractivity contribution < 1.29 is 4.74 Å². The van der Waals surface area contributed by atoms with Crippen molar-refractivity contribution in [3.63, 3.8) is 0 Å². The maximum absolute atomic E-state index is 6.45. The molecule has 1 saturated heterocycles. The fourth-order valence-corrected chi connectivity index (χ4v) is 4.27. The number of hydrogen-bond donors (Lipinski definition) is 1. The zero-order valence-corrected chi connectivity index (χ0v) is 11.5. The van der Waals surface area contributed by atoms with E-state index in [0.29, 0.717) is 0 Å². The van der Waals surface area contributed by atoms with Crippen molar-refractivity contribution in [2.45, 2.75) is 37.1 Å². The summed E-state index contributed by atoms with van der Waals surface area (Å²) in [5, 5.41) is 0. The van der Waals surface area contributed by atoms with Crippen LogP contribution >= 0.6 is 15.9 Å². The predicted octanol–water partition coefficient (Wildman–Crippen LogP) is 2.77. The number of nitrogens with two attached hydrogens (primary N) is 1. The van der Waals surface area contributed by atoms with Gasteiger partial charge in [-0.3, -0.25) is 0 Å². The number of ether oxygens (including phenoxy) is 1. The summed E-state index contributed by atoms with van der Waals surface area (Å²) in [6.07, 6.45) is 4.33. The van der Waals surface area contributed by atoms with Crippen LogP contribution in [0.4, 0.5) is 0 Å². The third-order valence-corrected chi connectivity index (χ3v) is 5.08. The predicted molar refractivity (Wildman–Crippen MR) is 72.2 cm³/mol. The molecule has 1 aliphatic heterocycles. The molecule has 1 aromatic rings. The Bertz CT molecular complexity index is 426. The summed E-state index contributed by atoms with van der Waals surface area (Å²) >= 11 is 3.72. The molecule has 1 heterocycles. The second-order valence-electron chi connectivity index (χ2n) is 5.19. The van der Waals surface area contributed by atoms with Crippen molar-refractivity contribution in [3.05, 3.63) is 33.8 Å². The van der Waals surface area contributed by atoms with Gasteiger partial charge in [-0.25, -0.2) is 0 Å². The van der Waals surface area contributed by atoms with Crippen molar-refractivity contribution in [1.82, 2.24) is 0 Å². The number of rotatable bonds is 0. The first-order valence-corrected chi connectivity index (χ1v) is 7.14.